The summed E-state index contributed by atoms with van der Waals surface area (Å²) in [4.78, 5) is 1.34. The van der Waals surface area contributed by atoms with Gasteiger partial charge < -0.3 is 5.32 Å². The van der Waals surface area contributed by atoms with E-state index in [9.17, 15) is 0 Å². The van der Waals surface area contributed by atoms with Crippen LogP contribution in [0.3, 0.4) is 0 Å². The van der Waals surface area contributed by atoms with E-state index in [-0.39, 0.29) is 0 Å². The SMILES string of the molecule is C/C=C\C=C/CC\C=C/C=C\C(=C\S)C1(c2ccccc2/C=C/C=C/CNc2ccccc2)C/C=C(/C2=CC=CCC2)CCCSc2ccccc21. The molecular formula is C49H53NS2. The van der Waals surface area contributed by atoms with Crippen LogP contribution in [0.25, 0.3) is 6.08 Å². The molecule has 1 heterocycles. The predicted octanol–water partition coefficient (Wildman–Crippen LogP) is 14.0. The molecule has 52 heavy (non-hydrogen) atoms. The first kappa shape index (κ1) is 38.8. The van der Waals surface area contributed by atoms with Crippen LogP contribution in [-0.2, 0) is 5.41 Å². The van der Waals surface area contributed by atoms with E-state index < -0.39 is 5.41 Å². The van der Waals surface area contributed by atoms with Crippen molar-refractivity contribution in [1.29, 1.82) is 0 Å². The lowest BCUT2D eigenvalue weighted by Gasteiger charge is -2.39. The van der Waals surface area contributed by atoms with Gasteiger partial charge in [-0.15, -0.1) is 11.8 Å². The molecule has 1 atom stereocenters. The van der Waals surface area contributed by atoms with Gasteiger partial charge in [-0.1, -0.05) is 158 Å². The molecule has 0 bridgehead atoms. The Bertz CT molecular complexity index is 1880. The van der Waals surface area contributed by atoms with Gasteiger partial charge in [0.15, 0.2) is 0 Å². The second kappa shape index (κ2) is 21.8. The Morgan fingerprint density at radius 2 is 1.54 bits per heavy atom. The summed E-state index contributed by atoms with van der Waals surface area (Å²) in [7, 11) is 0. The maximum absolute atomic E-state index is 4.98. The van der Waals surface area contributed by atoms with Gasteiger partial charge in [0.2, 0.25) is 0 Å². The first-order valence-electron chi connectivity index (χ1n) is 18.7. The van der Waals surface area contributed by atoms with Crippen molar-refractivity contribution >= 4 is 36.2 Å². The summed E-state index contributed by atoms with van der Waals surface area (Å²) in [6, 6.07) is 28.4. The predicted molar refractivity (Wildman–Crippen MR) is 234 cm³/mol. The third-order valence-electron chi connectivity index (χ3n) is 9.51. The quantitative estimate of drug-likeness (QED) is 0.0977. The van der Waals surface area contributed by atoms with Crippen LogP contribution < -0.4 is 5.32 Å². The number of para-hydroxylation sites is 1. The van der Waals surface area contributed by atoms with Crippen molar-refractivity contribution in [2.24, 2.45) is 0 Å². The van der Waals surface area contributed by atoms with Crippen molar-refractivity contribution < 1.29 is 0 Å². The first-order chi connectivity index (χ1) is 25.8. The van der Waals surface area contributed by atoms with E-state index in [1.807, 2.05) is 30.2 Å². The van der Waals surface area contributed by atoms with Crippen LogP contribution in [0.1, 0.15) is 68.6 Å². The number of anilines is 1. The van der Waals surface area contributed by atoms with Crippen LogP contribution in [0, 0.1) is 0 Å². The zero-order chi connectivity index (χ0) is 36.1. The van der Waals surface area contributed by atoms with E-state index in [1.54, 1.807) is 0 Å². The minimum Gasteiger partial charge on any atom is -0.382 e. The molecule has 1 aliphatic carbocycles. The molecule has 5 rings (SSSR count). The van der Waals surface area contributed by atoms with Crippen LogP contribution in [0.4, 0.5) is 5.69 Å². The number of unbranched alkanes of at least 4 members (excludes halogenated alkanes) is 1. The number of hydrogen-bond acceptors (Lipinski definition) is 3. The zero-order valence-corrected chi connectivity index (χ0v) is 32.3. The Labute approximate surface area is 323 Å². The number of rotatable bonds is 14. The van der Waals surface area contributed by atoms with E-state index in [2.05, 4.69) is 175 Å². The van der Waals surface area contributed by atoms with Crippen LogP contribution in [-0.4, -0.2) is 12.3 Å². The van der Waals surface area contributed by atoms with E-state index in [0.29, 0.717) is 0 Å². The van der Waals surface area contributed by atoms with Crippen molar-refractivity contribution in [1.82, 2.24) is 0 Å². The molecule has 0 fully saturated rings. The van der Waals surface area contributed by atoms with Gasteiger partial charge in [0.05, 0.1) is 5.41 Å². The average molecular weight is 720 g/mol. The van der Waals surface area contributed by atoms with E-state index >= 15 is 0 Å². The topological polar surface area (TPSA) is 12.0 Å². The van der Waals surface area contributed by atoms with Gasteiger partial charge in [0, 0.05) is 17.1 Å². The Kier molecular flexibility index (Phi) is 16.3. The fraction of sp³-hybridized carbons (Fsp3) is 0.224. The molecule has 0 saturated heterocycles. The first-order valence-corrected chi connectivity index (χ1v) is 20.2. The molecule has 0 amide bonds. The van der Waals surface area contributed by atoms with Crippen molar-refractivity contribution in [3.05, 3.63) is 209 Å². The number of nitrogens with one attached hydrogen (secondary N) is 1. The molecular weight excluding hydrogens is 667 g/mol. The summed E-state index contributed by atoms with van der Waals surface area (Å²) < 4.78 is 0. The van der Waals surface area contributed by atoms with Crippen molar-refractivity contribution in [2.75, 3.05) is 17.6 Å². The van der Waals surface area contributed by atoms with E-state index in [4.69, 9.17) is 12.6 Å². The molecule has 3 aromatic carbocycles. The summed E-state index contributed by atoms with van der Waals surface area (Å²) in [5, 5.41) is 5.52. The van der Waals surface area contributed by atoms with Gasteiger partial charge in [0.25, 0.3) is 0 Å². The number of thiol groups is 1. The van der Waals surface area contributed by atoms with Crippen LogP contribution >= 0.6 is 24.4 Å². The van der Waals surface area contributed by atoms with Crippen LogP contribution in [0.2, 0.25) is 0 Å². The second-order valence-corrected chi connectivity index (χ2v) is 14.4. The lowest BCUT2D eigenvalue weighted by molar-refractivity contribution is 0.609. The normalized spacial score (nSPS) is 19.9. The number of hydrogen-bond donors (Lipinski definition) is 2. The summed E-state index contributed by atoms with van der Waals surface area (Å²) in [6.45, 7) is 2.81. The Balaban J connectivity index is 1.58. The highest BCUT2D eigenvalue weighted by molar-refractivity contribution is 7.99. The molecule has 1 aliphatic heterocycles. The standard InChI is InChI=1S/C49H53NS2/c1-2-3-4-5-6-7-8-9-16-30-44(40-51)49(46-33-20-19-28-43(46)27-15-12-23-38-50-45-31-17-11-18-32-45)37-36-42(41-25-13-10-14-26-41)29-24-39-52-48-35-22-21-34-47(48)49/h2-5,8-13,15-23,25,27-28,30-36,40,50-51H,6-7,14,24,26,29,37-39H2,1H3/b3-2-,5-4-,9-8-,23-12+,27-15+,30-16-,42-36+,44-40-. The van der Waals surface area contributed by atoms with Gasteiger partial charge in [-0.2, -0.15) is 12.6 Å². The molecule has 2 aliphatic rings. The molecule has 0 aromatic heterocycles. The van der Waals surface area contributed by atoms with Gasteiger partial charge in [-0.3, -0.25) is 0 Å². The van der Waals surface area contributed by atoms with E-state index in [1.165, 1.54) is 38.3 Å². The molecule has 266 valence electrons. The molecule has 1 nitrogen and oxygen atoms in total. The Morgan fingerprint density at radius 1 is 0.788 bits per heavy atom. The second-order valence-electron chi connectivity index (χ2n) is 13.0. The summed E-state index contributed by atoms with van der Waals surface area (Å²) in [5.41, 5.74) is 8.63. The monoisotopic (exact) mass is 719 g/mol. The Hall–Kier alpha value is -4.44. The number of benzene rings is 3. The smallest absolute Gasteiger partial charge is 0.0507 e. The van der Waals surface area contributed by atoms with Gasteiger partial charge in [-0.05, 0) is 115 Å². The summed E-state index contributed by atoms with van der Waals surface area (Å²) >= 11 is 6.98. The molecule has 3 aromatic rings. The number of allylic oxidation sites excluding steroid dienone is 17. The maximum atomic E-state index is 4.98. The van der Waals surface area contributed by atoms with Gasteiger partial charge in [-0.25, -0.2) is 0 Å². The minimum absolute atomic E-state index is 0.474. The highest BCUT2D eigenvalue weighted by Gasteiger charge is 2.39. The third kappa shape index (κ3) is 11.0. The fourth-order valence-corrected chi connectivity index (χ4v) is 8.29. The minimum atomic E-state index is -0.474. The van der Waals surface area contributed by atoms with E-state index in [0.717, 1.165) is 62.9 Å². The molecule has 0 saturated carbocycles. The van der Waals surface area contributed by atoms with Gasteiger partial charge >= 0.3 is 0 Å². The van der Waals surface area contributed by atoms with Crippen molar-refractivity contribution in [3.63, 3.8) is 0 Å². The molecule has 1 unspecified atom stereocenters. The summed E-state index contributed by atoms with van der Waals surface area (Å²) in [5.74, 6) is 1.08. The highest BCUT2D eigenvalue weighted by Crippen LogP contribution is 2.49. The molecule has 3 heteroatoms. The number of thioether (sulfide) groups is 1. The average Bonchev–Trinajstić information content (AvgIpc) is 3.20. The highest BCUT2D eigenvalue weighted by atomic mass is 32.2. The van der Waals surface area contributed by atoms with Gasteiger partial charge in [0.1, 0.15) is 0 Å². The maximum Gasteiger partial charge on any atom is 0.0507 e. The molecule has 0 radical (unpaired) electrons. The van der Waals surface area contributed by atoms with Crippen molar-refractivity contribution in [3.8, 4) is 0 Å². The number of fused-ring (bicyclic) bond motifs is 1. The molecule has 1 N–H and O–H groups in total. The molecule has 0 spiro atoms. The zero-order valence-electron chi connectivity index (χ0n) is 30.5. The lowest BCUT2D eigenvalue weighted by atomic mass is 9.65. The fourth-order valence-electron chi connectivity index (χ4n) is 6.90. The third-order valence-corrected chi connectivity index (χ3v) is 10.9. The summed E-state index contributed by atoms with van der Waals surface area (Å²) in [6.07, 6.45) is 42.9. The van der Waals surface area contributed by atoms with Crippen molar-refractivity contribution in [2.45, 2.75) is 62.2 Å². The lowest BCUT2D eigenvalue weighted by Crippen LogP contribution is -2.31. The largest absolute Gasteiger partial charge is 0.382 e. The van der Waals surface area contributed by atoms with Crippen LogP contribution in [0.5, 0.6) is 0 Å². The van der Waals surface area contributed by atoms with Crippen LogP contribution in [0.15, 0.2) is 197 Å². The Morgan fingerprint density at radius 3 is 2.33 bits per heavy atom.